The first-order valence-corrected chi connectivity index (χ1v) is 7.58. The maximum absolute atomic E-state index is 13.8. The van der Waals surface area contributed by atoms with Gasteiger partial charge in [0, 0.05) is 18.7 Å². The van der Waals surface area contributed by atoms with Crippen molar-refractivity contribution < 1.29 is 17.9 Å². The molecule has 0 aliphatic carbocycles. The number of nitrogens with zero attached hydrogens (tertiary/aromatic N) is 1. The van der Waals surface area contributed by atoms with Gasteiger partial charge in [-0.25, -0.2) is 12.8 Å². The summed E-state index contributed by atoms with van der Waals surface area (Å²) >= 11 is 0. The Labute approximate surface area is 106 Å². The molecule has 2 rings (SSSR count). The van der Waals surface area contributed by atoms with Gasteiger partial charge in [0.05, 0.1) is 23.8 Å². The number of aliphatic hydroxyl groups is 1. The molecule has 1 heterocycles. The van der Waals surface area contributed by atoms with Crippen LogP contribution in [0.3, 0.4) is 0 Å². The van der Waals surface area contributed by atoms with Crippen LogP contribution in [-0.4, -0.2) is 38.1 Å². The molecule has 1 aliphatic heterocycles. The first-order valence-electron chi connectivity index (χ1n) is 5.76. The van der Waals surface area contributed by atoms with Crippen LogP contribution in [0.5, 0.6) is 0 Å². The van der Waals surface area contributed by atoms with Crippen LogP contribution in [0.25, 0.3) is 0 Å². The molecule has 0 saturated carbocycles. The van der Waals surface area contributed by atoms with Crippen LogP contribution < -0.4 is 4.90 Å². The fraction of sp³-hybridized carbons (Fsp3) is 0.500. The summed E-state index contributed by atoms with van der Waals surface area (Å²) in [6.45, 7) is -0.267. The van der Waals surface area contributed by atoms with Gasteiger partial charge in [0.1, 0.15) is 5.82 Å². The highest BCUT2D eigenvalue weighted by atomic mass is 32.2. The third-order valence-electron chi connectivity index (χ3n) is 3.35. The molecule has 0 radical (unpaired) electrons. The zero-order valence-corrected chi connectivity index (χ0v) is 11.0. The van der Waals surface area contributed by atoms with E-state index in [9.17, 15) is 17.9 Å². The lowest BCUT2D eigenvalue weighted by Crippen LogP contribution is -2.34. The molecule has 1 aromatic rings. The van der Waals surface area contributed by atoms with E-state index in [1.165, 1.54) is 12.1 Å². The van der Waals surface area contributed by atoms with E-state index >= 15 is 0 Å². The lowest BCUT2D eigenvalue weighted by atomic mass is 10.1. The van der Waals surface area contributed by atoms with Crippen LogP contribution in [0.1, 0.15) is 12.0 Å². The largest absolute Gasteiger partial charge is 0.392 e. The van der Waals surface area contributed by atoms with Gasteiger partial charge in [-0.3, -0.25) is 0 Å². The normalized spacial score (nSPS) is 22.1. The minimum absolute atomic E-state index is 0.0443. The summed E-state index contributed by atoms with van der Waals surface area (Å²) < 4.78 is 36.7. The van der Waals surface area contributed by atoms with Crippen molar-refractivity contribution in [3.63, 3.8) is 0 Å². The number of hydrogen-bond donors (Lipinski definition) is 1. The molecular formula is C12H16FNO3S. The average Bonchev–Trinajstić information content (AvgIpc) is 2.68. The van der Waals surface area contributed by atoms with Crippen LogP contribution in [-0.2, 0) is 16.4 Å². The van der Waals surface area contributed by atoms with Gasteiger partial charge >= 0.3 is 0 Å². The van der Waals surface area contributed by atoms with Gasteiger partial charge in [-0.05, 0) is 12.5 Å². The van der Waals surface area contributed by atoms with E-state index in [4.69, 9.17) is 0 Å². The van der Waals surface area contributed by atoms with Crippen molar-refractivity contribution >= 4 is 15.5 Å². The number of hydrogen-bond acceptors (Lipinski definition) is 4. The second kappa shape index (κ2) is 4.85. The van der Waals surface area contributed by atoms with Crippen LogP contribution in [0, 0.1) is 5.82 Å². The molecule has 6 heteroatoms. The Morgan fingerprint density at radius 2 is 2.22 bits per heavy atom. The third kappa shape index (κ3) is 2.49. The van der Waals surface area contributed by atoms with Crippen molar-refractivity contribution in [3.8, 4) is 0 Å². The fourth-order valence-electron chi connectivity index (χ4n) is 2.35. The Morgan fingerprint density at radius 3 is 2.78 bits per heavy atom. The molecule has 0 bridgehead atoms. The van der Waals surface area contributed by atoms with Crippen LogP contribution >= 0.6 is 0 Å². The van der Waals surface area contributed by atoms with Gasteiger partial charge in [0.2, 0.25) is 0 Å². The summed E-state index contributed by atoms with van der Waals surface area (Å²) in [6.07, 6.45) is 0.498. The van der Waals surface area contributed by atoms with Gasteiger partial charge in [0.15, 0.2) is 9.84 Å². The maximum Gasteiger partial charge on any atom is 0.152 e. The summed E-state index contributed by atoms with van der Waals surface area (Å²) in [5, 5.41) is 9.23. The molecule has 1 aliphatic rings. The van der Waals surface area contributed by atoms with E-state index in [1.54, 1.807) is 18.0 Å². The van der Waals surface area contributed by atoms with Gasteiger partial charge in [-0.15, -0.1) is 0 Å². The van der Waals surface area contributed by atoms with Crippen LogP contribution in [0.4, 0.5) is 10.1 Å². The van der Waals surface area contributed by atoms with E-state index in [-0.39, 0.29) is 24.2 Å². The number of anilines is 1. The molecule has 0 amide bonds. The van der Waals surface area contributed by atoms with Gasteiger partial charge in [-0.1, -0.05) is 12.1 Å². The van der Waals surface area contributed by atoms with Crippen molar-refractivity contribution in [1.82, 2.24) is 0 Å². The van der Waals surface area contributed by atoms with Crippen LogP contribution in [0.2, 0.25) is 0 Å². The highest BCUT2D eigenvalue weighted by Gasteiger charge is 2.32. The number of aliphatic hydroxyl groups excluding tert-OH is 1. The smallest absolute Gasteiger partial charge is 0.152 e. The molecule has 18 heavy (non-hydrogen) atoms. The molecule has 0 aromatic heterocycles. The maximum atomic E-state index is 13.8. The predicted molar refractivity (Wildman–Crippen MR) is 67.8 cm³/mol. The topological polar surface area (TPSA) is 57.6 Å². The molecule has 1 fully saturated rings. The average molecular weight is 273 g/mol. The van der Waals surface area contributed by atoms with Crippen molar-refractivity contribution in [2.75, 3.05) is 23.5 Å². The predicted octanol–water partition coefficient (Wildman–Crippen LogP) is 0.941. The quantitative estimate of drug-likeness (QED) is 0.890. The number of benzene rings is 1. The molecule has 1 N–H and O–H groups in total. The van der Waals surface area contributed by atoms with Crippen molar-refractivity contribution in [2.45, 2.75) is 19.1 Å². The molecule has 0 spiro atoms. The van der Waals surface area contributed by atoms with E-state index in [2.05, 4.69) is 0 Å². The fourth-order valence-corrected chi connectivity index (χ4v) is 4.12. The standard InChI is InChI=1S/C12H16FNO3S/c1-14(10-5-6-18(16,17)8-10)12-9(7-15)3-2-4-11(12)13/h2-4,10,15H,5-8H2,1H3. The van der Waals surface area contributed by atoms with Crippen molar-refractivity contribution in [1.29, 1.82) is 0 Å². The van der Waals surface area contributed by atoms with Crippen molar-refractivity contribution in [3.05, 3.63) is 29.6 Å². The second-order valence-corrected chi connectivity index (χ2v) is 6.80. The molecule has 1 atom stereocenters. The number of para-hydroxylation sites is 1. The highest BCUT2D eigenvalue weighted by Crippen LogP contribution is 2.28. The minimum Gasteiger partial charge on any atom is -0.392 e. The number of halogens is 1. The van der Waals surface area contributed by atoms with E-state index in [0.29, 0.717) is 17.7 Å². The van der Waals surface area contributed by atoms with Crippen LogP contribution in [0.15, 0.2) is 18.2 Å². The Hall–Kier alpha value is -1.14. The van der Waals surface area contributed by atoms with Gasteiger partial charge in [0.25, 0.3) is 0 Å². The lowest BCUT2D eigenvalue weighted by Gasteiger charge is -2.27. The van der Waals surface area contributed by atoms with Crippen molar-refractivity contribution in [2.24, 2.45) is 0 Å². The Bertz CT molecular complexity index is 544. The van der Waals surface area contributed by atoms with E-state index < -0.39 is 15.7 Å². The SMILES string of the molecule is CN(c1c(F)cccc1CO)C1CCS(=O)(=O)C1. The third-order valence-corrected chi connectivity index (χ3v) is 5.10. The summed E-state index contributed by atoms with van der Waals surface area (Å²) in [4.78, 5) is 1.63. The van der Waals surface area contributed by atoms with E-state index in [1.807, 2.05) is 0 Å². The highest BCUT2D eigenvalue weighted by molar-refractivity contribution is 7.91. The zero-order chi connectivity index (χ0) is 13.3. The molecule has 1 aromatic carbocycles. The zero-order valence-electron chi connectivity index (χ0n) is 10.1. The monoisotopic (exact) mass is 273 g/mol. The molecule has 100 valence electrons. The number of rotatable bonds is 3. The Morgan fingerprint density at radius 1 is 1.50 bits per heavy atom. The first-order chi connectivity index (χ1) is 8.44. The summed E-state index contributed by atoms with van der Waals surface area (Å²) in [5.74, 6) is -0.249. The Balaban J connectivity index is 2.32. The van der Waals surface area contributed by atoms with Gasteiger partial charge < -0.3 is 10.0 Å². The minimum atomic E-state index is -3.01. The molecule has 4 nitrogen and oxygen atoms in total. The summed E-state index contributed by atoms with van der Waals surface area (Å²) in [5.41, 5.74) is 0.767. The summed E-state index contributed by atoms with van der Waals surface area (Å²) in [7, 11) is -1.34. The van der Waals surface area contributed by atoms with Gasteiger partial charge in [-0.2, -0.15) is 0 Å². The summed E-state index contributed by atoms with van der Waals surface area (Å²) in [6, 6.07) is 4.26. The Kier molecular flexibility index (Phi) is 3.59. The number of sulfone groups is 1. The molecular weight excluding hydrogens is 257 g/mol. The molecule has 1 unspecified atom stereocenters. The molecule has 1 saturated heterocycles. The second-order valence-electron chi connectivity index (χ2n) is 4.57. The lowest BCUT2D eigenvalue weighted by molar-refractivity contribution is 0.281. The first kappa shape index (κ1) is 13.3. The van der Waals surface area contributed by atoms with E-state index in [0.717, 1.165) is 0 Å².